The van der Waals surface area contributed by atoms with Crippen LogP contribution in [0.2, 0.25) is 0 Å². The minimum atomic E-state index is -0.550. The fraction of sp³-hybridized carbons (Fsp3) is 0.207. The Labute approximate surface area is 215 Å². The van der Waals surface area contributed by atoms with E-state index in [0.29, 0.717) is 23.2 Å². The maximum atomic E-state index is 12.8. The van der Waals surface area contributed by atoms with Gasteiger partial charge in [-0.2, -0.15) is 0 Å². The Morgan fingerprint density at radius 2 is 1.68 bits per heavy atom. The molecule has 0 bridgehead atoms. The molecule has 4 aromatic rings. The molecule has 0 aliphatic rings. The van der Waals surface area contributed by atoms with Crippen LogP contribution in [0, 0.1) is 17.0 Å². The highest BCUT2D eigenvalue weighted by atomic mass is 16.6. The van der Waals surface area contributed by atoms with Crippen LogP contribution in [0.15, 0.2) is 83.3 Å². The van der Waals surface area contributed by atoms with Gasteiger partial charge in [-0.25, -0.2) is 0 Å². The molecule has 1 heterocycles. The van der Waals surface area contributed by atoms with Crippen molar-refractivity contribution in [1.82, 2.24) is 0 Å². The lowest BCUT2D eigenvalue weighted by Gasteiger charge is -2.10. The molecule has 0 spiro atoms. The Kier molecular flexibility index (Phi) is 7.88. The number of carbonyl (C=O) groups is 1. The van der Waals surface area contributed by atoms with Crippen molar-refractivity contribution in [1.29, 1.82) is 0 Å². The lowest BCUT2D eigenvalue weighted by atomic mass is 9.99. The van der Waals surface area contributed by atoms with E-state index in [1.54, 1.807) is 18.2 Å². The molecule has 3 aromatic carbocycles. The van der Waals surface area contributed by atoms with Crippen molar-refractivity contribution in [3.05, 3.63) is 112 Å². The van der Waals surface area contributed by atoms with Gasteiger partial charge in [0.05, 0.1) is 16.7 Å². The Hall–Kier alpha value is -4.59. The number of aryl methyl sites for hydroxylation is 1. The zero-order valence-corrected chi connectivity index (χ0v) is 20.9. The number of benzene rings is 3. The fourth-order valence-electron chi connectivity index (χ4n) is 3.62. The van der Waals surface area contributed by atoms with Gasteiger partial charge in [-0.05, 0) is 61.2 Å². The van der Waals surface area contributed by atoms with Gasteiger partial charge in [-0.15, -0.1) is 0 Å². The van der Waals surface area contributed by atoms with Crippen LogP contribution in [0.4, 0.5) is 11.4 Å². The standard InChI is InChI=1S/C29H28N2O6/c1-4-20(3)21-7-11-24(12-8-21)35-18-26-13-14-28(37-26)29(32)30-22-15-23(31(33)34)17-27(16-22)36-25-9-5-19(2)6-10-25/h5-17,20H,4,18H2,1-3H3,(H,30,32). The number of hydrogen-bond acceptors (Lipinski definition) is 6. The average Bonchev–Trinajstić information content (AvgIpc) is 3.38. The molecule has 0 radical (unpaired) electrons. The number of amides is 1. The molecule has 0 aliphatic heterocycles. The first-order chi connectivity index (χ1) is 17.8. The Balaban J connectivity index is 1.41. The lowest BCUT2D eigenvalue weighted by Crippen LogP contribution is -2.11. The first kappa shape index (κ1) is 25.5. The van der Waals surface area contributed by atoms with Crippen LogP contribution >= 0.6 is 0 Å². The Morgan fingerprint density at radius 1 is 0.973 bits per heavy atom. The predicted octanol–water partition coefficient (Wildman–Crippen LogP) is 7.63. The van der Waals surface area contributed by atoms with E-state index < -0.39 is 10.8 Å². The smallest absolute Gasteiger partial charge is 0.291 e. The third-order valence-electron chi connectivity index (χ3n) is 5.94. The van der Waals surface area contributed by atoms with Crippen molar-refractivity contribution in [3.63, 3.8) is 0 Å². The summed E-state index contributed by atoms with van der Waals surface area (Å²) in [4.78, 5) is 23.6. The highest BCUT2D eigenvalue weighted by Crippen LogP contribution is 2.30. The van der Waals surface area contributed by atoms with E-state index in [4.69, 9.17) is 13.9 Å². The lowest BCUT2D eigenvalue weighted by molar-refractivity contribution is -0.384. The number of carbonyl (C=O) groups excluding carboxylic acids is 1. The predicted molar refractivity (Wildman–Crippen MR) is 140 cm³/mol. The van der Waals surface area contributed by atoms with Gasteiger partial charge in [-0.1, -0.05) is 43.7 Å². The molecule has 190 valence electrons. The number of rotatable bonds is 10. The quantitative estimate of drug-likeness (QED) is 0.177. The van der Waals surface area contributed by atoms with Gasteiger partial charge < -0.3 is 19.2 Å². The zero-order valence-electron chi connectivity index (χ0n) is 20.9. The molecule has 1 atom stereocenters. The number of hydrogen-bond donors (Lipinski definition) is 1. The fourth-order valence-corrected chi connectivity index (χ4v) is 3.62. The largest absolute Gasteiger partial charge is 0.486 e. The third kappa shape index (κ3) is 6.76. The summed E-state index contributed by atoms with van der Waals surface area (Å²) in [6, 6.07) is 22.4. The molecule has 0 saturated carbocycles. The average molecular weight is 501 g/mol. The van der Waals surface area contributed by atoms with E-state index in [9.17, 15) is 14.9 Å². The highest BCUT2D eigenvalue weighted by Gasteiger charge is 2.16. The van der Waals surface area contributed by atoms with Crippen molar-refractivity contribution in [2.75, 3.05) is 5.32 Å². The number of nitrogens with zero attached hydrogens (tertiary/aromatic N) is 1. The summed E-state index contributed by atoms with van der Waals surface area (Å²) >= 11 is 0. The van der Waals surface area contributed by atoms with E-state index in [1.165, 1.54) is 29.8 Å². The highest BCUT2D eigenvalue weighted by molar-refractivity contribution is 6.02. The van der Waals surface area contributed by atoms with E-state index in [-0.39, 0.29) is 29.5 Å². The number of nitro groups is 1. The summed E-state index contributed by atoms with van der Waals surface area (Å²) in [7, 11) is 0. The molecular weight excluding hydrogens is 472 g/mol. The summed E-state index contributed by atoms with van der Waals surface area (Å²) in [5.41, 5.74) is 2.30. The van der Waals surface area contributed by atoms with Crippen LogP contribution in [-0.4, -0.2) is 10.8 Å². The van der Waals surface area contributed by atoms with Crippen molar-refractivity contribution in [2.24, 2.45) is 0 Å². The van der Waals surface area contributed by atoms with Crippen LogP contribution in [0.1, 0.15) is 53.6 Å². The molecule has 0 aliphatic carbocycles. The normalized spacial score (nSPS) is 11.5. The molecule has 1 aromatic heterocycles. The second kappa shape index (κ2) is 11.4. The second-order valence-electron chi connectivity index (χ2n) is 8.77. The monoisotopic (exact) mass is 500 g/mol. The van der Waals surface area contributed by atoms with E-state index in [2.05, 4.69) is 19.2 Å². The Bertz CT molecular complexity index is 1380. The topological polar surface area (TPSA) is 104 Å². The summed E-state index contributed by atoms with van der Waals surface area (Å²) in [6.07, 6.45) is 1.06. The van der Waals surface area contributed by atoms with E-state index in [1.807, 2.05) is 43.3 Å². The minimum absolute atomic E-state index is 0.0539. The molecule has 8 heteroatoms. The summed E-state index contributed by atoms with van der Waals surface area (Å²) < 4.78 is 17.2. The van der Waals surface area contributed by atoms with Crippen molar-refractivity contribution < 1.29 is 23.6 Å². The summed E-state index contributed by atoms with van der Waals surface area (Å²) in [5, 5.41) is 14.1. The number of nitrogens with one attached hydrogen (secondary N) is 1. The first-order valence-electron chi connectivity index (χ1n) is 12.0. The Morgan fingerprint density at radius 3 is 2.35 bits per heavy atom. The van der Waals surface area contributed by atoms with Crippen LogP contribution in [0.5, 0.6) is 17.2 Å². The van der Waals surface area contributed by atoms with E-state index >= 15 is 0 Å². The van der Waals surface area contributed by atoms with Gasteiger partial charge in [0, 0.05) is 12.1 Å². The molecular formula is C29H28N2O6. The van der Waals surface area contributed by atoms with Gasteiger partial charge in [0.15, 0.2) is 5.76 Å². The second-order valence-corrected chi connectivity index (χ2v) is 8.77. The SMILES string of the molecule is CCC(C)c1ccc(OCc2ccc(C(=O)Nc3cc(Oc4ccc(C)cc4)cc([N+](=O)[O-])c3)o2)cc1. The third-order valence-corrected chi connectivity index (χ3v) is 5.94. The molecule has 0 saturated heterocycles. The van der Waals surface area contributed by atoms with Crippen LogP contribution in [-0.2, 0) is 6.61 Å². The number of anilines is 1. The maximum absolute atomic E-state index is 12.8. The first-order valence-corrected chi connectivity index (χ1v) is 12.0. The maximum Gasteiger partial charge on any atom is 0.291 e. The van der Waals surface area contributed by atoms with Crippen LogP contribution < -0.4 is 14.8 Å². The van der Waals surface area contributed by atoms with Crippen LogP contribution in [0.3, 0.4) is 0 Å². The molecule has 37 heavy (non-hydrogen) atoms. The van der Waals surface area contributed by atoms with E-state index in [0.717, 1.165) is 12.0 Å². The molecule has 1 amide bonds. The minimum Gasteiger partial charge on any atom is -0.486 e. The number of furan rings is 1. The van der Waals surface area contributed by atoms with Crippen molar-refractivity contribution in [2.45, 2.75) is 39.7 Å². The van der Waals surface area contributed by atoms with Crippen molar-refractivity contribution >= 4 is 17.3 Å². The molecule has 1 N–H and O–H groups in total. The van der Waals surface area contributed by atoms with Gasteiger partial charge in [0.1, 0.15) is 29.6 Å². The number of nitro benzene ring substituents is 1. The summed E-state index contributed by atoms with van der Waals surface area (Å²) in [5.74, 6) is 1.90. The molecule has 4 rings (SSSR count). The van der Waals surface area contributed by atoms with Gasteiger partial charge in [0.25, 0.3) is 11.6 Å². The molecule has 1 unspecified atom stereocenters. The molecule has 0 fully saturated rings. The van der Waals surface area contributed by atoms with Gasteiger partial charge >= 0.3 is 0 Å². The number of non-ortho nitro benzene ring substituents is 1. The number of ether oxygens (including phenoxy) is 2. The van der Waals surface area contributed by atoms with Crippen LogP contribution in [0.25, 0.3) is 0 Å². The van der Waals surface area contributed by atoms with Gasteiger partial charge in [0.2, 0.25) is 0 Å². The van der Waals surface area contributed by atoms with Gasteiger partial charge in [-0.3, -0.25) is 14.9 Å². The zero-order chi connectivity index (χ0) is 26.4. The molecule has 8 nitrogen and oxygen atoms in total. The summed E-state index contributed by atoms with van der Waals surface area (Å²) in [6.45, 7) is 6.43. The van der Waals surface area contributed by atoms with Crippen molar-refractivity contribution in [3.8, 4) is 17.2 Å².